The molecule has 6 heteroatoms. The Hall–Kier alpha value is -1.95. The quantitative estimate of drug-likeness (QED) is 0.739. The van der Waals surface area contributed by atoms with Crippen LogP contribution in [0.3, 0.4) is 0 Å². The van der Waals surface area contributed by atoms with Crippen LogP contribution in [0.25, 0.3) is 11.5 Å². The minimum Gasteiger partial charge on any atom is -0.420 e. The van der Waals surface area contributed by atoms with Crippen LogP contribution in [0.2, 0.25) is 0 Å². The summed E-state index contributed by atoms with van der Waals surface area (Å²) in [4.78, 5) is 14.4. The van der Waals surface area contributed by atoms with E-state index in [-0.39, 0.29) is 11.3 Å². The van der Waals surface area contributed by atoms with Gasteiger partial charge in [-0.2, -0.15) is 0 Å². The Balaban J connectivity index is 2.13. The highest BCUT2D eigenvalue weighted by Gasteiger charge is 2.10. The normalized spacial score (nSPS) is 10.6. The summed E-state index contributed by atoms with van der Waals surface area (Å²) in [6, 6.07) is 1.43. The second-order valence-corrected chi connectivity index (χ2v) is 3.53. The molecule has 2 aromatic heterocycles. The summed E-state index contributed by atoms with van der Waals surface area (Å²) in [6.45, 7) is 3.71. The maximum Gasteiger partial charge on any atom is 0.253 e. The summed E-state index contributed by atoms with van der Waals surface area (Å²) in [7, 11) is 0. The van der Waals surface area contributed by atoms with E-state index in [0.29, 0.717) is 17.9 Å². The minimum atomic E-state index is -0.134. The highest BCUT2D eigenvalue weighted by molar-refractivity contribution is 5.49. The molecule has 2 aromatic rings. The van der Waals surface area contributed by atoms with Crippen LogP contribution < -0.4 is 10.7 Å². The van der Waals surface area contributed by atoms with Crippen molar-refractivity contribution in [3.05, 3.63) is 34.6 Å². The van der Waals surface area contributed by atoms with Gasteiger partial charge in [-0.15, -0.1) is 10.2 Å². The molecule has 0 saturated carbocycles. The van der Waals surface area contributed by atoms with Gasteiger partial charge in [-0.05, 0) is 6.54 Å². The van der Waals surface area contributed by atoms with E-state index < -0.39 is 0 Å². The van der Waals surface area contributed by atoms with Crippen molar-refractivity contribution in [1.29, 1.82) is 0 Å². The third kappa shape index (κ3) is 2.79. The van der Waals surface area contributed by atoms with Gasteiger partial charge in [0.25, 0.3) is 5.89 Å². The maximum absolute atomic E-state index is 11.5. The maximum atomic E-state index is 11.5. The standard InChI is InChI=1S/C11H14N4O2/c1-2-12-6-4-10-14-15-11(17-10)8-7-13-5-3-9(8)16/h3,5,7,12H,2,4,6H2,1H3,(H,13,16). The second kappa shape index (κ2) is 5.40. The molecule has 0 unspecified atom stereocenters. The van der Waals surface area contributed by atoms with Gasteiger partial charge in [-0.3, -0.25) is 4.79 Å². The fourth-order valence-corrected chi connectivity index (χ4v) is 1.42. The number of hydrogen-bond donors (Lipinski definition) is 2. The van der Waals surface area contributed by atoms with Gasteiger partial charge in [-0.1, -0.05) is 6.92 Å². The molecule has 0 bridgehead atoms. The molecular formula is C11H14N4O2. The van der Waals surface area contributed by atoms with Gasteiger partial charge in [0.05, 0.1) is 0 Å². The molecule has 0 saturated heterocycles. The zero-order valence-electron chi connectivity index (χ0n) is 9.56. The lowest BCUT2D eigenvalue weighted by Gasteiger charge is -1.96. The fraction of sp³-hybridized carbons (Fsp3) is 0.364. The summed E-state index contributed by atoms with van der Waals surface area (Å²) >= 11 is 0. The lowest BCUT2D eigenvalue weighted by Crippen LogP contribution is -2.16. The molecule has 0 aromatic carbocycles. The van der Waals surface area contributed by atoms with Gasteiger partial charge >= 0.3 is 0 Å². The fourth-order valence-electron chi connectivity index (χ4n) is 1.42. The first kappa shape index (κ1) is 11.5. The first-order valence-corrected chi connectivity index (χ1v) is 5.52. The van der Waals surface area contributed by atoms with Crippen molar-refractivity contribution in [1.82, 2.24) is 20.5 Å². The van der Waals surface area contributed by atoms with Crippen molar-refractivity contribution >= 4 is 0 Å². The number of hydrogen-bond acceptors (Lipinski definition) is 5. The van der Waals surface area contributed by atoms with Crippen LogP contribution in [0.1, 0.15) is 12.8 Å². The molecule has 6 nitrogen and oxygen atoms in total. The number of rotatable bonds is 5. The van der Waals surface area contributed by atoms with Crippen LogP contribution in [0, 0.1) is 0 Å². The average molecular weight is 234 g/mol. The van der Waals surface area contributed by atoms with Crippen LogP contribution >= 0.6 is 0 Å². The van der Waals surface area contributed by atoms with Gasteiger partial charge < -0.3 is 14.7 Å². The number of aromatic amines is 1. The zero-order valence-corrected chi connectivity index (χ0v) is 9.56. The van der Waals surface area contributed by atoms with Gasteiger partial charge in [-0.25, -0.2) is 0 Å². The SMILES string of the molecule is CCNCCc1nnc(-c2c[nH]ccc2=O)o1. The van der Waals surface area contributed by atoms with E-state index in [1.54, 1.807) is 12.4 Å². The van der Waals surface area contributed by atoms with Crippen molar-refractivity contribution in [2.45, 2.75) is 13.3 Å². The van der Waals surface area contributed by atoms with Crippen LogP contribution in [-0.4, -0.2) is 28.3 Å². The number of pyridine rings is 1. The second-order valence-electron chi connectivity index (χ2n) is 3.53. The zero-order chi connectivity index (χ0) is 12.1. The van der Waals surface area contributed by atoms with E-state index in [4.69, 9.17) is 4.42 Å². The van der Waals surface area contributed by atoms with E-state index in [1.165, 1.54) is 6.07 Å². The predicted molar refractivity (Wildman–Crippen MR) is 62.6 cm³/mol. The first-order valence-electron chi connectivity index (χ1n) is 5.52. The van der Waals surface area contributed by atoms with Gasteiger partial charge in [0.15, 0.2) is 5.43 Å². The number of nitrogens with one attached hydrogen (secondary N) is 2. The van der Waals surface area contributed by atoms with Crippen molar-refractivity contribution < 1.29 is 4.42 Å². The third-order valence-electron chi connectivity index (χ3n) is 2.29. The molecule has 2 heterocycles. The van der Waals surface area contributed by atoms with Crippen molar-refractivity contribution in [2.75, 3.05) is 13.1 Å². The molecule has 0 amide bonds. The number of H-pyrrole nitrogens is 1. The molecule has 2 N–H and O–H groups in total. The number of nitrogens with zero attached hydrogens (tertiary/aromatic N) is 2. The largest absolute Gasteiger partial charge is 0.420 e. The van der Waals surface area contributed by atoms with E-state index in [1.807, 2.05) is 6.92 Å². The molecule has 0 fully saturated rings. The Morgan fingerprint density at radius 1 is 1.47 bits per heavy atom. The predicted octanol–water partition coefficient (Wildman–Crippen LogP) is 0.577. The first-order chi connectivity index (χ1) is 8.31. The van der Waals surface area contributed by atoms with Crippen molar-refractivity contribution in [3.63, 3.8) is 0 Å². The molecule has 0 aliphatic heterocycles. The Kier molecular flexibility index (Phi) is 3.66. The Bertz CT molecular complexity index is 532. The minimum absolute atomic E-state index is 0.134. The molecule has 0 spiro atoms. The summed E-state index contributed by atoms with van der Waals surface area (Å²) in [5, 5.41) is 10.9. The summed E-state index contributed by atoms with van der Waals surface area (Å²) in [5.74, 6) is 0.794. The van der Waals surface area contributed by atoms with E-state index in [2.05, 4.69) is 20.5 Å². The third-order valence-corrected chi connectivity index (χ3v) is 2.29. The summed E-state index contributed by atoms with van der Waals surface area (Å²) in [5.41, 5.74) is 0.264. The average Bonchev–Trinajstić information content (AvgIpc) is 2.79. The van der Waals surface area contributed by atoms with Gasteiger partial charge in [0.2, 0.25) is 5.89 Å². The van der Waals surface area contributed by atoms with Crippen LogP contribution in [0.4, 0.5) is 0 Å². The molecule has 0 atom stereocenters. The van der Waals surface area contributed by atoms with E-state index >= 15 is 0 Å². The van der Waals surface area contributed by atoms with E-state index in [9.17, 15) is 4.79 Å². The lowest BCUT2D eigenvalue weighted by molar-refractivity contribution is 0.496. The van der Waals surface area contributed by atoms with E-state index in [0.717, 1.165) is 13.1 Å². The summed E-state index contributed by atoms with van der Waals surface area (Å²) in [6.07, 6.45) is 3.78. The Labute approximate surface area is 98.1 Å². The highest BCUT2D eigenvalue weighted by Crippen LogP contribution is 2.12. The molecule has 0 radical (unpaired) electrons. The molecule has 2 rings (SSSR count). The monoisotopic (exact) mass is 234 g/mol. The topological polar surface area (TPSA) is 83.8 Å². The van der Waals surface area contributed by atoms with Gasteiger partial charge in [0, 0.05) is 31.4 Å². The molecule has 17 heavy (non-hydrogen) atoms. The number of likely N-dealkylation sites (N-methyl/N-ethyl adjacent to an activating group) is 1. The molecule has 90 valence electrons. The molecule has 0 aliphatic carbocycles. The summed E-state index contributed by atoms with van der Waals surface area (Å²) < 4.78 is 5.41. The van der Waals surface area contributed by atoms with Crippen LogP contribution in [0.5, 0.6) is 0 Å². The Morgan fingerprint density at radius 3 is 3.12 bits per heavy atom. The van der Waals surface area contributed by atoms with Crippen molar-refractivity contribution in [3.8, 4) is 11.5 Å². The molecular weight excluding hydrogens is 220 g/mol. The van der Waals surface area contributed by atoms with Crippen LogP contribution in [-0.2, 0) is 6.42 Å². The van der Waals surface area contributed by atoms with Crippen LogP contribution in [0.15, 0.2) is 27.7 Å². The van der Waals surface area contributed by atoms with Crippen molar-refractivity contribution in [2.24, 2.45) is 0 Å². The lowest BCUT2D eigenvalue weighted by atomic mass is 10.3. The Morgan fingerprint density at radius 2 is 2.35 bits per heavy atom. The molecule has 0 aliphatic rings. The number of aromatic nitrogens is 3. The highest BCUT2D eigenvalue weighted by atomic mass is 16.4. The smallest absolute Gasteiger partial charge is 0.253 e. The van der Waals surface area contributed by atoms with Gasteiger partial charge in [0.1, 0.15) is 5.56 Å².